The van der Waals surface area contributed by atoms with Gasteiger partial charge in [0.2, 0.25) is 0 Å². The van der Waals surface area contributed by atoms with E-state index in [0.29, 0.717) is 5.69 Å². The molecule has 1 unspecified atom stereocenters. The largest absolute Gasteiger partial charge is 0.396 e. The highest BCUT2D eigenvalue weighted by Crippen LogP contribution is 2.27. The van der Waals surface area contributed by atoms with Crippen molar-refractivity contribution >= 4 is 21.2 Å². The zero-order valence-corrected chi connectivity index (χ0v) is 13.3. The molecule has 1 aromatic carbocycles. The van der Waals surface area contributed by atoms with Crippen LogP contribution in [0.1, 0.15) is 6.92 Å². The first-order valence-electron chi connectivity index (χ1n) is 7.03. The van der Waals surface area contributed by atoms with E-state index in [1.54, 1.807) is 12.1 Å². The van der Waals surface area contributed by atoms with Crippen LogP contribution >= 0.6 is 0 Å². The molecule has 1 fully saturated rings. The Labute approximate surface area is 126 Å². The van der Waals surface area contributed by atoms with E-state index in [2.05, 4.69) is 17.1 Å². The molecule has 0 saturated carbocycles. The second-order valence-electron chi connectivity index (χ2n) is 5.45. The fraction of sp³-hybridized carbons (Fsp3) is 0.571. The van der Waals surface area contributed by atoms with Crippen LogP contribution in [0.4, 0.5) is 11.4 Å². The van der Waals surface area contributed by atoms with Crippen molar-refractivity contribution in [1.82, 2.24) is 4.90 Å². The molecule has 0 spiro atoms. The standard InChI is InChI=1S/C14H23N3O3S/c1-11(10-17-6-8-20-9-7-17)16-12-4-3-5-13(14(12)15)21(2,18)19/h3-5,11,16H,6-10,15H2,1-2H3. The molecule has 1 atom stereocenters. The number of rotatable bonds is 5. The fourth-order valence-corrected chi connectivity index (χ4v) is 3.31. The van der Waals surface area contributed by atoms with Gasteiger partial charge in [-0.3, -0.25) is 4.90 Å². The molecular formula is C14H23N3O3S. The molecule has 1 heterocycles. The van der Waals surface area contributed by atoms with Crippen LogP contribution in [0, 0.1) is 0 Å². The summed E-state index contributed by atoms with van der Waals surface area (Å²) >= 11 is 0. The first-order valence-corrected chi connectivity index (χ1v) is 8.92. The average molecular weight is 313 g/mol. The third kappa shape index (κ3) is 4.33. The predicted octanol–water partition coefficient (Wildman–Crippen LogP) is 0.805. The van der Waals surface area contributed by atoms with Gasteiger partial charge >= 0.3 is 0 Å². The Kier molecular flexibility index (Phi) is 5.08. The van der Waals surface area contributed by atoms with Gasteiger partial charge in [0.15, 0.2) is 9.84 Å². The van der Waals surface area contributed by atoms with Crippen molar-refractivity contribution in [3.05, 3.63) is 18.2 Å². The molecular weight excluding hydrogens is 290 g/mol. The number of benzene rings is 1. The number of nitrogens with zero attached hydrogens (tertiary/aromatic N) is 1. The molecule has 7 heteroatoms. The third-order valence-electron chi connectivity index (χ3n) is 3.50. The minimum Gasteiger partial charge on any atom is -0.396 e. The van der Waals surface area contributed by atoms with Gasteiger partial charge in [-0.15, -0.1) is 0 Å². The van der Waals surface area contributed by atoms with E-state index >= 15 is 0 Å². The normalized spacial score (nSPS) is 18.4. The molecule has 0 aliphatic carbocycles. The van der Waals surface area contributed by atoms with Gasteiger partial charge in [0, 0.05) is 31.9 Å². The summed E-state index contributed by atoms with van der Waals surface area (Å²) in [7, 11) is -3.31. The summed E-state index contributed by atoms with van der Waals surface area (Å²) in [5.41, 5.74) is 6.93. The van der Waals surface area contributed by atoms with Crippen LogP contribution in [0.3, 0.4) is 0 Å². The quantitative estimate of drug-likeness (QED) is 0.782. The van der Waals surface area contributed by atoms with E-state index in [0.717, 1.165) is 32.8 Å². The highest BCUT2D eigenvalue weighted by atomic mass is 32.2. The Balaban J connectivity index is 2.05. The number of nitrogens with one attached hydrogen (secondary N) is 1. The minimum atomic E-state index is -3.31. The summed E-state index contributed by atoms with van der Waals surface area (Å²) < 4.78 is 28.7. The summed E-state index contributed by atoms with van der Waals surface area (Å²) in [6.45, 7) is 6.29. The molecule has 0 radical (unpaired) electrons. The SMILES string of the molecule is CC(CN1CCOCC1)Nc1cccc(S(C)(=O)=O)c1N. The van der Waals surface area contributed by atoms with Gasteiger partial charge in [-0.05, 0) is 19.1 Å². The van der Waals surface area contributed by atoms with Gasteiger partial charge in [-0.25, -0.2) is 8.42 Å². The van der Waals surface area contributed by atoms with E-state index in [1.807, 2.05) is 0 Å². The number of nitrogens with two attached hydrogens (primary N) is 1. The highest BCUT2D eigenvalue weighted by Gasteiger charge is 2.17. The maximum Gasteiger partial charge on any atom is 0.177 e. The van der Waals surface area contributed by atoms with Gasteiger partial charge in [0.25, 0.3) is 0 Å². The lowest BCUT2D eigenvalue weighted by atomic mass is 10.2. The molecule has 0 bridgehead atoms. The highest BCUT2D eigenvalue weighted by molar-refractivity contribution is 7.90. The van der Waals surface area contributed by atoms with Crippen LogP contribution in [0.25, 0.3) is 0 Å². The van der Waals surface area contributed by atoms with Crippen LogP contribution in [0.15, 0.2) is 23.1 Å². The summed E-state index contributed by atoms with van der Waals surface area (Å²) in [6.07, 6.45) is 1.17. The second kappa shape index (κ2) is 6.64. The smallest absolute Gasteiger partial charge is 0.177 e. The summed E-state index contributed by atoms with van der Waals surface area (Å²) in [5, 5.41) is 3.30. The fourth-order valence-electron chi connectivity index (χ4n) is 2.48. The van der Waals surface area contributed by atoms with Gasteiger partial charge < -0.3 is 15.8 Å². The molecule has 21 heavy (non-hydrogen) atoms. The number of hydrogen-bond donors (Lipinski definition) is 2. The lowest BCUT2D eigenvalue weighted by Crippen LogP contribution is -2.42. The number of ether oxygens (including phenoxy) is 1. The monoisotopic (exact) mass is 313 g/mol. The number of hydrogen-bond acceptors (Lipinski definition) is 6. The van der Waals surface area contributed by atoms with E-state index in [1.165, 1.54) is 12.3 Å². The molecule has 3 N–H and O–H groups in total. The molecule has 1 aliphatic heterocycles. The molecule has 1 aliphatic rings. The Bertz CT molecular complexity index is 583. The Hall–Kier alpha value is -1.31. The number of para-hydroxylation sites is 1. The first-order chi connectivity index (χ1) is 9.88. The summed E-state index contributed by atoms with van der Waals surface area (Å²) in [5.74, 6) is 0. The number of morpholine rings is 1. The molecule has 0 aromatic heterocycles. The summed E-state index contributed by atoms with van der Waals surface area (Å²) in [4.78, 5) is 2.49. The molecule has 6 nitrogen and oxygen atoms in total. The average Bonchev–Trinajstić information content (AvgIpc) is 2.41. The van der Waals surface area contributed by atoms with Crippen molar-refractivity contribution in [2.75, 3.05) is 50.2 Å². The zero-order valence-electron chi connectivity index (χ0n) is 12.5. The summed E-state index contributed by atoms with van der Waals surface area (Å²) in [6, 6.07) is 5.21. The van der Waals surface area contributed by atoms with Crippen LogP contribution in [0.5, 0.6) is 0 Å². The van der Waals surface area contributed by atoms with E-state index < -0.39 is 9.84 Å². The van der Waals surface area contributed by atoms with Crippen molar-refractivity contribution in [2.45, 2.75) is 17.9 Å². The predicted molar refractivity (Wildman–Crippen MR) is 84.3 cm³/mol. The van der Waals surface area contributed by atoms with Crippen molar-refractivity contribution < 1.29 is 13.2 Å². The number of anilines is 2. The van der Waals surface area contributed by atoms with Crippen LogP contribution in [-0.2, 0) is 14.6 Å². The van der Waals surface area contributed by atoms with E-state index in [4.69, 9.17) is 10.5 Å². The topological polar surface area (TPSA) is 84.7 Å². The van der Waals surface area contributed by atoms with Crippen molar-refractivity contribution in [3.8, 4) is 0 Å². The molecule has 0 amide bonds. The van der Waals surface area contributed by atoms with Gasteiger partial charge in [-0.1, -0.05) is 6.07 Å². The Morgan fingerprint density at radius 2 is 2.05 bits per heavy atom. The molecule has 1 aromatic rings. The molecule has 2 rings (SSSR count). The Morgan fingerprint density at radius 3 is 2.67 bits per heavy atom. The van der Waals surface area contributed by atoms with Gasteiger partial charge in [-0.2, -0.15) is 0 Å². The molecule has 1 saturated heterocycles. The van der Waals surface area contributed by atoms with Crippen molar-refractivity contribution in [2.24, 2.45) is 0 Å². The molecule has 118 valence electrons. The minimum absolute atomic E-state index is 0.167. The third-order valence-corrected chi connectivity index (χ3v) is 4.66. The van der Waals surface area contributed by atoms with Crippen molar-refractivity contribution in [1.29, 1.82) is 0 Å². The van der Waals surface area contributed by atoms with E-state index in [-0.39, 0.29) is 16.6 Å². The van der Waals surface area contributed by atoms with Gasteiger partial charge in [0.1, 0.15) is 0 Å². The maximum atomic E-state index is 11.7. The second-order valence-corrected chi connectivity index (χ2v) is 7.43. The maximum absolute atomic E-state index is 11.7. The lowest BCUT2D eigenvalue weighted by molar-refractivity contribution is 0.0368. The Morgan fingerprint density at radius 1 is 1.38 bits per heavy atom. The number of nitrogen functional groups attached to an aromatic ring is 1. The van der Waals surface area contributed by atoms with Crippen molar-refractivity contribution in [3.63, 3.8) is 0 Å². The zero-order chi connectivity index (χ0) is 15.5. The van der Waals surface area contributed by atoms with Crippen LogP contribution in [0.2, 0.25) is 0 Å². The van der Waals surface area contributed by atoms with E-state index in [9.17, 15) is 8.42 Å². The van der Waals surface area contributed by atoms with Crippen LogP contribution in [-0.4, -0.2) is 58.5 Å². The lowest BCUT2D eigenvalue weighted by Gasteiger charge is -2.30. The van der Waals surface area contributed by atoms with Crippen LogP contribution < -0.4 is 11.1 Å². The van der Waals surface area contributed by atoms with Gasteiger partial charge in [0.05, 0.1) is 29.5 Å². The number of sulfone groups is 1. The first kappa shape index (κ1) is 16.1.